The number of hydrogen-bond acceptors (Lipinski definition) is 4. The third kappa shape index (κ3) is 3.83. The van der Waals surface area contributed by atoms with E-state index in [1.807, 2.05) is 24.3 Å². The van der Waals surface area contributed by atoms with Crippen LogP contribution in [0.25, 0.3) is 11.0 Å². The van der Waals surface area contributed by atoms with Crippen molar-refractivity contribution in [1.29, 1.82) is 0 Å². The lowest BCUT2D eigenvalue weighted by Gasteiger charge is -2.06. The fraction of sp³-hybridized carbons (Fsp3) is 0.158. The maximum Gasteiger partial charge on any atom is 0.349 e. The molecule has 0 saturated heterocycles. The lowest BCUT2D eigenvalue weighted by molar-refractivity contribution is 0.0950. The van der Waals surface area contributed by atoms with Crippen LogP contribution in [0, 0.1) is 0 Å². The molecule has 1 N–H and O–H groups in total. The molecular weight excluding hydrogens is 342 g/mol. The van der Waals surface area contributed by atoms with Gasteiger partial charge in [0.25, 0.3) is 5.91 Å². The van der Waals surface area contributed by atoms with Crippen molar-refractivity contribution in [3.63, 3.8) is 0 Å². The number of halogens is 1. The molecule has 1 heterocycles. The van der Waals surface area contributed by atoms with Crippen LogP contribution in [0.1, 0.15) is 15.9 Å². The van der Waals surface area contributed by atoms with Gasteiger partial charge in [-0.15, -0.1) is 0 Å². The molecule has 1 aromatic heterocycles. The van der Waals surface area contributed by atoms with Crippen molar-refractivity contribution in [2.45, 2.75) is 6.42 Å². The highest BCUT2D eigenvalue weighted by Gasteiger charge is 2.14. The Kier molecular flexibility index (Phi) is 5.05. The van der Waals surface area contributed by atoms with Gasteiger partial charge in [0.15, 0.2) is 5.58 Å². The van der Waals surface area contributed by atoms with E-state index in [4.69, 9.17) is 20.8 Å². The monoisotopic (exact) mass is 357 g/mol. The molecule has 0 saturated carbocycles. The number of benzene rings is 2. The number of rotatable bonds is 5. The van der Waals surface area contributed by atoms with Gasteiger partial charge < -0.3 is 14.5 Å². The molecule has 0 spiro atoms. The molecule has 25 heavy (non-hydrogen) atoms. The number of carbonyl (C=O) groups excluding carboxylic acids is 1. The van der Waals surface area contributed by atoms with Gasteiger partial charge in [-0.1, -0.05) is 35.9 Å². The molecule has 128 valence electrons. The molecule has 0 radical (unpaired) electrons. The number of hydrogen-bond donors (Lipinski definition) is 1. The maximum absolute atomic E-state index is 12.3. The van der Waals surface area contributed by atoms with E-state index in [0.717, 1.165) is 11.3 Å². The average Bonchev–Trinajstić information content (AvgIpc) is 2.62. The maximum atomic E-state index is 12.3. The van der Waals surface area contributed by atoms with Gasteiger partial charge in [0.2, 0.25) is 0 Å². The van der Waals surface area contributed by atoms with Crippen LogP contribution in [-0.2, 0) is 6.42 Å². The molecule has 6 heteroatoms. The van der Waals surface area contributed by atoms with E-state index in [1.54, 1.807) is 25.3 Å². The zero-order valence-electron chi connectivity index (χ0n) is 13.5. The summed E-state index contributed by atoms with van der Waals surface area (Å²) < 4.78 is 10.3. The number of fused-ring (bicyclic) bond motifs is 1. The van der Waals surface area contributed by atoms with E-state index in [-0.39, 0.29) is 11.1 Å². The Labute approximate surface area is 149 Å². The second kappa shape index (κ2) is 7.40. The van der Waals surface area contributed by atoms with Crippen LogP contribution in [0.4, 0.5) is 0 Å². The van der Waals surface area contributed by atoms with Crippen LogP contribution < -0.4 is 15.7 Å². The van der Waals surface area contributed by atoms with Crippen molar-refractivity contribution < 1.29 is 13.9 Å². The molecule has 2 aromatic carbocycles. The lowest BCUT2D eigenvalue weighted by atomic mass is 10.1. The van der Waals surface area contributed by atoms with Crippen LogP contribution in [0.15, 0.2) is 57.7 Å². The number of ether oxygens (including phenoxy) is 1. The third-order valence-corrected chi connectivity index (χ3v) is 4.11. The van der Waals surface area contributed by atoms with E-state index in [9.17, 15) is 9.59 Å². The first-order valence-electron chi connectivity index (χ1n) is 7.72. The van der Waals surface area contributed by atoms with Gasteiger partial charge in [-0.3, -0.25) is 4.79 Å². The number of nitrogens with one attached hydrogen (secondary N) is 1. The molecule has 0 atom stereocenters. The highest BCUT2D eigenvalue weighted by atomic mass is 35.5. The van der Waals surface area contributed by atoms with Gasteiger partial charge in [0.05, 0.1) is 12.1 Å². The van der Waals surface area contributed by atoms with E-state index in [0.29, 0.717) is 23.4 Å². The number of carbonyl (C=O) groups is 1. The second-order valence-corrected chi connectivity index (χ2v) is 5.87. The van der Waals surface area contributed by atoms with E-state index in [1.165, 1.54) is 6.07 Å². The van der Waals surface area contributed by atoms with Crippen LogP contribution in [0.5, 0.6) is 5.75 Å². The molecule has 0 aliphatic heterocycles. The van der Waals surface area contributed by atoms with Crippen molar-refractivity contribution >= 4 is 28.5 Å². The molecule has 1 amide bonds. The standard InChI is InChI=1S/C19H16ClNO4/c1-24-14-7-5-12(6-8-14)9-10-21-18(22)15-11-13-3-2-4-16(20)17(13)25-19(15)23/h2-8,11H,9-10H2,1H3,(H,21,22). The van der Waals surface area contributed by atoms with Crippen molar-refractivity contribution in [3.8, 4) is 5.75 Å². The van der Waals surface area contributed by atoms with Crippen LogP contribution in [0.3, 0.4) is 0 Å². The van der Waals surface area contributed by atoms with Crippen LogP contribution in [0.2, 0.25) is 5.02 Å². The Morgan fingerprint density at radius 1 is 1.20 bits per heavy atom. The third-order valence-electron chi connectivity index (χ3n) is 3.81. The number of methoxy groups -OCH3 is 1. The second-order valence-electron chi connectivity index (χ2n) is 5.46. The zero-order chi connectivity index (χ0) is 17.8. The Balaban J connectivity index is 1.69. The summed E-state index contributed by atoms with van der Waals surface area (Å²) in [6.45, 7) is 0.401. The van der Waals surface area contributed by atoms with Gasteiger partial charge in [0, 0.05) is 11.9 Å². The van der Waals surface area contributed by atoms with Crippen molar-refractivity contribution in [2.75, 3.05) is 13.7 Å². The molecule has 5 nitrogen and oxygen atoms in total. The van der Waals surface area contributed by atoms with Gasteiger partial charge in [-0.2, -0.15) is 0 Å². The summed E-state index contributed by atoms with van der Waals surface area (Å²) in [6.07, 6.45) is 0.639. The summed E-state index contributed by atoms with van der Waals surface area (Å²) in [7, 11) is 1.61. The predicted octanol–water partition coefficient (Wildman–Crippen LogP) is 3.43. The van der Waals surface area contributed by atoms with Gasteiger partial charge in [-0.05, 0) is 36.2 Å². The molecule has 0 fully saturated rings. The van der Waals surface area contributed by atoms with Crippen LogP contribution >= 0.6 is 11.6 Å². The molecule has 0 aliphatic carbocycles. The molecule has 3 aromatic rings. The lowest BCUT2D eigenvalue weighted by Crippen LogP contribution is -2.29. The van der Waals surface area contributed by atoms with Crippen molar-refractivity contribution in [3.05, 3.63) is 75.1 Å². The van der Waals surface area contributed by atoms with Crippen LogP contribution in [-0.4, -0.2) is 19.6 Å². The Hall–Kier alpha value is -2.79. The Morgan fingerprint density at radius 2 is 1.96 bits per heavy atom. The summed E-state index contributed by atoms with van der Waals surface area (Å²) in [4.78, 5) is 24.3. The SMILES string of the molecule is COc1ccc(CCNC(=O)c2cc3cccc(Cl)c3oc2=O)cc1. The predicted molar refractivity (Wildman–Crippen MR) is 96.5 cm³/mol. The van der Waals surface area contributed by atoms with Crippen molar-refractivity contribution in [2.24, 2.45) is 0 Å². The topological polar surface area (TPSA) is 68.5 Å². The summed E-state index contributed by atoms with van der Waals surface area (Å²) in [5, 5.41) is 3.67. The Bertz CT molecular complexity index is 963. The minimum absolute atomic E-state index is 0.0375. The summed E-state index contributed by atoms with van der Waals surface area (Å²) >= 11 is 5.99. The normalized spacial score (nSPS) is 10.6. The first-order chi connectivity index (χ1) is 12.1. The summed E-state index contributed by atoms with van der Waals surface area (Å²) in [6, 6.07) is 14.2. The Morgan fingerprint density at radius 3 is 2.68 bits per heavy atom. The van der Waals surface area contributed by atoms with Crippen molar-refractivity contribution in [1.82, 2.24) is 5.32 Å². The average molecular weight is 358 g/mol. The zero-order valence-corrected chi connectivity index (χ0v) is 14.3. The van der Waals surface area contributed by atoms with E-state index >= 15 is 0 Å². The molecule has 0 unspecified atom stereocenters. The largest absolute Gasteiger partial charge is 0.497 e. The molecule has 3 rings (SSSR count). The smallest absolute Gasteiger partial charge is 0.349 e. The molecule has 0 aliphatic rings. The molecular formula is C19H16ClNO4. The van der Waals surface area contributed by atoms with Gasteiger partial charge in [-0.25, -0.2) is 4.79 Å². The number of para-hydroxylation sites is 1. The number of amides is 1. The first kappa shape index (κ1) is 17.0. The minimum atomic E-state index is -0.706. The van der Waals surface area contributed by atoms with Gasteiger partial charge in [0.1, 0.15) is 11.3 Å². The minimum Gasteiger partial charge on any atom is -0.497 e. The highest BCUT2D eigenvalue weighted by molar-refractivity contribution is 6.34. The first-order valence-corrected chi connectivity index (χ1v) is 8.10. The van der Waals surface area contributed by atoms with E-state index in [2.05, 4.69) is 5.32 Å². The summed E-state index contributed by atoms with van der Waals surface area (Å²) in [5.74, 6) is 0.310. The van der Waals surface area contributed by atoms with E-state index < -0.39 is 11.5 Å². The fourth-order valence-electron chi connectivity index (χ4n) is 2.48. The molecule has 0 bridgehead atoms. The summed E-state index contributed by atoms with van der Waals surface area (Å²) in [5.41, 5.74) is 0.592. The fourth-order valence-corrected chi connectivity index (χ4v) is 2.70. The van der Waals surface area contributed by atoms with Gasteiger partial charge >= 0.3 is 5.63 Å². The quantitative estimate of drug-likeness (QED) is 0.710. The highest BCUT2D eigenvalue weighted by Crippen LogP contribution is 2.22.